The largest absolute Gasteiger partial charge is 0.336 e. The summed E-state index contributed by atoms with van der Waals surface area (Å²) in [7, 11) is 0. The number of amides is 1. The van der Waals surface area contributed by atoms with Crippen molar-refractivity contribution in [2.24, 2.45) is 0 Å². The molecule has 1 fully saturated rings. The fourth-order valence-corrected chi connectivity index (χ4v) is 4.22. The molecule has 33 heavy (non-hydrogen) atoms. The van der Waals surface area contributed by atoms with Crippen LogP contribution >= 0.6 is 0 Å². The predicted molar refractivity (Wildman–Crippen MR) is 120 cm³/mol. The second kappa shape index (κ2) is 8.71. The Kier molecular flexibility index (Phi) is 5.60. The molecule has 0 radical (unpaired) electrons. The van der Waals surface area contributed by atoms with E-state index in [4.69, 9.17) is 4.52 Å². The summed E-state index contributed by atoms with van der Waals surface area (Å²) >= 11 is 0. The summed E-state index contributed by atoms with van der Waals surface area (Å²) in [4.78, 5) is 21.8. The monoisotopic (exact) mass is 448 g/mol. The van der Waals surface area contributed by atoms with E-state index in [9.17, 15) is 13.6 Å². The fraction of sp³-hybridized carbons (Fsp3) is 0.240. The molecule has 3 heterocycles. The first kappa shape index (κ1) is 21.2. The molecule has 6 nitrogen and oxygen atoms in total. The van der Waals surface area contributed by atoms with E-state index in [0.717, 1.165) is 0 Å². The van der Waals surface area contributed by atoms with Crippen molar-refractivity contribution in [2.45, 2.75) is 13.5 Å². The van der Waals surface area contributed by atoms with Gasteiger partial charge < -0.3 is 9.42 Å². The number of carbonyl (C=O) groups is 1. The lowest BCUT2D eigenvalue weighted by Crippen LogP contribution is -2.48. The van der Waals surface area contributed by atoms with Crippen LogP contribution in [-0.2, 0) is 6.54 Å². The quantitative estimate of drug-likeness (QED) is 0.462. The van der Waals surface area contributed by atoms with Gasteiger partial charge in [0.1, 0.15) is 11.6 Å². The third-order valence-electron chi connectivity index (χ3n) is 6.01. The van der Waals surface area contributed by atoms with Crippen molar-refractivity contribution >= 4 is 17.0 Å². The number of piperazine rings is 1. The van der Waals surface area contributed by atoms with Gasteiger partial charge in [-0.15, -0.1) is 0 Å². The zero-order valence-corrected chi connectivity index (χ0v) is 18.1. The molecule has 8 heteroatoms. The molecule has 0 spiro atoms. The number of aromatic nitrogens is 2. The number of carbonyl (C=O) groups excluding carboxylic acids is 1. The molecule has 4 aromatic rings. The molecule has 168 valence electrons. The van der Waals surface area contributed by atoms with E-state index in [0.29, 0.717) is 60.6 Å². The number of benzene rings is 2. The Bertz CT molecular complexity index is 1330. The molecule has 0 aliphatic carbocycles. The van der Waals surface area contributed by atoms with Crippen molar-refractivity contribution in [3.63, 3.8) is 0 Å². The van der Waals surface area contributed by atoms with Crippen LogP contribution in [0.3, 0.4) is 0 Å². The van der Waals surface area contributed by atoms with Gasteiger partial charge in [-0.1, -0.05) is 35.5 Å². The van der Waals surface area contributed by atoms with Crippen LogP contribution in [0.25, 0.3) is 22.4 Å². The van der Waals surface area contributed by atoms with Gasteiger partial charge in [0, 0.05) is 43.9 Å². The first-order valence-corrected chi connectivity index (χ1v) is 10.8. The molecule has 1 amide bonds. The minimum Gasteiger partial charge on any atom is -0.336 e. The van der Waals surface area contributed by atoms with Gasteiger partial charge in [-0.05, 0) is 31.2 Å². The smallest absolute Gasteiger partial charge is 0.259 e. The van der Waals surface area contributed by atoms with Crippen LogP contribution in [0.4, 0.5) is 8.78 Å². The Balaban J connectivity index is 1.40. The Morgan fingerprint density at radius 2 is 1.70 bits per heavy atom. The highest BCUT2D eigenvalue weighted by atomic mass is 19.1. The second-order valence-corrected chi connectivity index (χ2v) is 8.14. The zero-order chi connectivity index (χ0) is 22.9. The molecule has 1 saturated heterocycles. The highest BCUT2D eigenvalue weighted by Gasteiger charge is 2.27. The van der Waals surface area contributed by atoms with Crippen molar-refractivity contribution in [1.29, 1.82) is 0 Å². The van der Waals surface area contributed by atoms with E-state index >= 15 is 0 Å². The molecular formula is C25H22F2N4O2. The van der Waals surface area contributed by atoms with E-state index in [2.05, 4.69) is 15.0 Å². The van der Waals surface area contributed by atoms with Crippen molar-refractivity contribution in [3.05, 3.63) is 83.1 Å². The molecule has 1 aliphatic heterocycles. The summed E-state index contributed by atoms with van der Waals surface area (Å²) in [5.74, 6) is -0.837. The molecule has 0 N–H and O–H groups in total. The van der Waals surface area contributed by atoms with Gasteiger partial charge in [0.2, 0.25) is 0 Å². The molecule has 2 aromatic carbocycles. The van der Waals surface area contributed by atoms with E-state index in [1.165, 1.54) is 12.1 Å². The maximum absolute atomic E-state index is 14.4. The number of pyridine rings is 1. The van der Waals surface area contributed by atoms with E-state index < -0.39 is 5.82 Å². The first-order valence-electron chi connectivity index (χ1n) is 10.8. The lowest BCUT2D eigenvalue weighted by atomic mass is 10.0. The maximum atomic E-state index is 14.4. The van der Waals surface area contributed by atoms with Crippen molar-refractivity contribution in [1.82, 2.24) is 19.9 Å². The maximum Gasteiger partial charge on any atom is 0.259 e. The van der Waals surface area contributed by atoms with Gasteiger partial charge in [0.15, 0.2) is 0 Å². The van der Waals surface area contributed by atoms with Crippen LogP contribution in [0.5, 0.6) is 0 Å². The van der Waals surface area contributed by atoms with Crippen LogP contribution in [0.2, 0.25) is 0 Å². The van der Waals surface area contributed by atoms with E-state index in [1.54, 1.807) is 48.2 Å². The summed E-state index contributed by atoms with van der Waals surface area (Å²) in [6, 6.07) is 14.6. The zero-order valence-electron chi connectivity index (χ0n) is 18.1. The van der Waals surface area contributed by atoms with E-state index in [1.807, 2.05) is 6.07 Å². The highest BCUT2D eigenvalue weighted by molar-refractivity contribution is 6.07. The average Bonchev–Trinajstić information content (AvgIpc) is 3.21. The lowest BCUT2D eigenvalue weighted by Gasteiger charge is -2.35. The number of hydrogen-bond acceptors (Lipinski definition) is 5. The van der Waals surface area contributed by atoms with Gasteiger partial charge in [-0.3, -0.25) is 9.69 Å². The number of nitrogens with zero attached hydrogens (tertiary/aromatic N) is 4. The standard InChI is InChI=1S/C25H22F2N4O2/c1-16-23-19(14-22(28-24(23)33-29-16)18-7-3-5-9-21(18)27)25(32)31-12-10-30(11-13-31)15-17-6-2-4-8-20(17)26/h2-9,14H,10-13,15H2,1H3. The fourth-order valence-electron chi connectivity index (χ4n) is 4.22. The van der Waals surface area contributed by atoms with Gasteiger partial charge in [-0.25, -0.2) is 13.8 Å². The summed E-state index contributed by atoms with van der Waals surface area (Å²) in [6.45, 7) is 4.48. The molecule has 5 rings (SSSR count). The van der Waals surface area contributed by atoms with Crippen molar-refractivity contribution < 1.29 is 18.1 Å². The summed E-state index contributed by atoms with van der Waals surface area (Å²) in [5.41, 5.74) is 2.40. The van der Waals surface area contributed by atoms with Gasteiger partial charge >= 0.3 is 0 Å². The molecule has 1 aliphatic rings. The Labute approximate surface area is 189 Å². The Morgan fingerprint density at radius 1 is 1.00 bits per heavy atom. The molecule has 0 bridgehead atoms. The normalized spacial score (nSPS) is 14.7. The number of aryl methyl sites for hydroxylation is 1. The molecule has 0 atom stereocenters. The van der Waals surface area contributed by atoms with Gasteiger partial charge in [0.05, 0.1) is 22.3 Å². The summed E-state index contributed by atoms with van der Waals surface area (Å²) in [5, 5.41) is 4.50. The third kappa shape index (κ3) is 4.09. The Morgan fingerprint density at radius 3 is 2.42 bits per heavy atom. The number of hydrogen-bond donors (Lipinski definition) is 0. The molecule has 0 unspecified atom stereocenters. The minimum atomic E-state index is -0.430. The Hall–Kier alpha value is -3.65. The van der Waals surface area contributed by atoms with E-state index in [-0.39, 0.29) is 23.0 Å². The highest BCUT2D eigenvalue weighted by Crippen LogP contribution is 2.29. The molecular weight excluding hydrogens is 426 g/mol. The van der Waals surface area contributed by atoms with Crippen LogP contribution < -0.4 is 0 Å². The van der Waals surface area contributed by atoms with Gasteiger partial charge in [-0.2, -0.15) is 0 Å². The lowest BCUT2D eigenvalue weighted by molar-refractivity contribution is 0.0629. The predicted octanol–water partition coefficient (Wildman–Crippen LogP) is 4.43. The van der Waals surface area contributed by atoms with Crippen molar-refractivity contribution in [3.8, 4) is 11.3 Å². The summed E-state index contributed by atoms with van der Waals surface area (Å²) in [6.07, 6.45) is 0. The molecule has 0 saturated carbocycles. The topological polar surface area (TPSA) is 62.5 Å². The van der Waals surface area contributed by atoms with Crippen LogP contribution in [0, 0.1) is 18.6 Å². The number of fused-ring (bicyclic) bond motifs is 1. The van der Waals surface area contributed by atoms with Crippen LogP contribution in [-0.4, -0.2) is 52.0 Å². The average molecular weight is 448 g/mol. The first-order chi connectivity index (χ1) is 16.0. The van der Waals surface area contributed by atoms with Gasteiger partial charge in [0.25, 0.3) is 11.6 Å². The SMILES string of the molecule is Cc1noc2nc(-c3ccccc3F)cc(C(=O)N3CCN(Cc4ccccc4F)CC3)c12. The van der Waals surface area contributed by atoms with Crippen molar-refractivity contribution in [2.75, 3.05) is 26.2 Å². The molecule has 2 aromatic heterocycles. The second-order valence-electron chi connectivity index (χ2n) is 8.14. The van der Waals surface area contributed by atoms with Crippen LogP contribution in [0.1, 0.15) is 21.6 Å². The third-order valence-corrected chi connectivity index (χ3v) is 6.01. The minimum absolute atomic E-state index is 0.183. The number of rotatable bonds is 4. The summed E-state index contributed by atoms with van der Waals surface area (Å²) < 4.78 is 33.7. The van der Waals surface area contributed by atoms with Crippen LogP contribution in [0.15, 0.2) is 59.1 Å². The number of halogens is 2.